The average molecular weight is 878 g/mol. The zero-order chi connectivity index (χ0) is 44.2. The minimum absolute atomic E-state index is 0.0622. The second-order valence-electron chi connectivity index (χ2n) is 16.1. The van der Waals surface area contributed by atoms with Crippen LogP contribution in [0.1, 0.15) is 42.5 Å². The number of carbonyl (C=O) groups excluding carboxylic acids is 2. The van der Waals surface area contributed by atoms with Gasteiger partial charge in [0.1, 0.15) is 71.6 Å². The molecule has 4 saturated heterocycles. The monoisotopic (exact) mass is 877 g/mol. The second-order valence-corrected chi connectivity index (χ2v) is 18.4. The fraction of sp³-hybridized carbons (Fsp3) is 0.500. The van der Waals surface area contributed by atoms with E-state index < -0.39 is 42.5 Å². The number of nitrogens with two attached hydrogens (primary N) is 3. The van der Waals surface area contributed by atoms with Gasteiger partial charge < -0.3 is 66.7 Å². The Morgan fingerprint density at radius 1 is 1.06 bits per heavy atom. The zero-order valence-electron chi connectivity index (χ0n) is 34.5. The van der Waals surface area contributed by atoms with Crippen molar-refractivity contribution >= 4 is 50.7 Å². The number of H-pyrrole nitrogens is 1. The number of piperidine rings is 1. The predicted octanol–water partition coefficient (Wildman–Crippen LogP) is -0.964. The smallest absolute Gasteiger partial charge is 0.316 e. The first-order valence-electron chi connectivity index (χ1n) is 20.5. The van der Waals surface area contributed by atoms with Crippen molar-refractivity contribution in [1.82, 2.24) is 29.4 Å². The van der Waals surface area contributed by atoms with Crippen LogP contribution in [0.4, 0.5) is 5.82 Å². The number of likely N-dealkylation sites (N-methyl/N-ethyl adjacent to an activating group) is 1. The van der Waals surface area contributed by atoms with Crippen molar-refractivity contribution in [3.63, 3.8) is 0 Å². The molecule has 3 aromatic heterocycles. The van der Waals surface area contributed by atoms with Crippen molar-refractivity contribution < 1.29 is 49.3 Å². The van der Waals surface area contributed by atoms with E-state index in [1.54, 1.807) is 12.1 Å². The molecule has 62 heavy (non-hydrogen) atoms. The number of hydrogen-bond donors (Lipinski definition) is 8. The van der Waals surface area contributed by atoms with Gasteiger partial charge in [0.2, 0.25) is 0 Å². The number of imidazole rings is 1. The molecule has 4 aliphatic heterocycles. The van der Waals surface area contributed by atoms with Crippen LogP contribution in [0.5, 0.6) is 5.75 Å². The van der Waals surface area contributed by atoms with Gasteiger partial charge in [-0.2, -0.15) is 0 Å². The Balaban J connectivity index is 0.000000148. The van der Waals surface area contributed by atoms with Gasteiger partial charge in [-0.15, -0.1) is 0 Å². The van der Waals surface area contributed by atoms with Gasteiger partial charge in [0.05, 0.1) is 25.2 Å². The summed E-state index contributed by atoms with van der Waals surface area (Å²) in [6, 6.07) is 14.3. The number of aromatic nitrogens is 5. The summed E-state index contributed by atoms with van der Waals surface area (Å²) in [6.45, 7) is 0.402. The number of morpholine rings is 1. The molecule has 2 unspecified atom stereocenters. The molecule has 12 atom stereocenters. The largest absolute Gasteiger partial charge is 0.548 e. The number of nitrogens with zero attached hydrogens (tertiary/aromatic N) is 5. The first-order chi connectivity index (χ1) is 29.8. The summed E-state index contributed by atoms with van der Waals surface area (Å²) >= 11 is 0. The van der Waals surface area contributed by atoms with Crippen LogP contribution >= 0.6 is 0 Å². The molecular formula is C42H55N9O10S. The number of anilines is 1. The average Bonchev–Trinajstić information content (AvgIpc) is 3.57. The highest BCUT2D eigenvalue weighted by Crippen LogP contribution is 2.48. The lowest BCUT2D eigenvalue weighted by molar-refractivity contribution is -0.307. The molecule has 0 amide bonds. The van der Waals surface area contributed by atoms with Crippen molar-refractivity contribution in [3.05, 3.63) is 78.5 Å². The fourth-order valence-electron chi connectivity index (χ4n) is 8.54. The Labute approximate surface area is 360 Å². The number of nitrogens with one attached hydrogen (secondary N) is 1. The molecule has 0 saturated carbocycles. The lowest BCUT2D eigenvalue weighted by atomic mass is 9.97. The summed E-state index contributed by atoms with van der Waals surface area (Å²) in [7, 11) is 1.87. The number of aliphatic carboxylic acids is 1. The summed E-state index contributed by atoms with van der Waals surface area (Å²) in [5.74, 6) is -0.680. The van der Waals surface area contributed by atoms with Gasteiger partial charge in [-0.3, -0.25) is 14.3 Å². The highest BCUT2D eigenvalue weighted by Gasteiger charge is 2.63. The van der Waals surface area contributed by atoms with E-state index in [0.717, 1.165) is 41.3 Å². The number of aliphatic hydroxyl groups excluding tert-OH is 3. The molecule has 5 aromatic rings. The molecule has 7 heterocycles. The van der Waals surface area contributed by atoms with Crippen molar-refractivity contribution in [1.29, 1.82) is 0 Å². The standard InChI is InChI=1S/C17H21NO4.C15H22N6O5S.C10H12N2O/c1-18-13-7-11(8-14(18)16-15(13)22-16)21-17(20)12(9-19)10-5-3-2-4-6-10;1-27(3-2-7(16)15(24)25)4-8-10(22)11(23)14(26-8)21-6-20-9-12(17)18-5-19-13(9)21;11-4-3-7-6-12-10-2-1-8(13)5-9(7)10/h2-6,11-16,19H,7-9H2,1H3;5-8,10-11,14,22-23H,2-4,16H2,1H3,(H2-,17,18,19,24,25);1-2,5-6,12-13H,3-4,11H2/t11-,12-,13-,14+,15-,16+;7?,8-,10-,11-,14-,27?;/m11./s1. The molecule has 11 N–H and O–H groups in total. The van der Waals surface area contributed by atoms with Crippen LogP contribution in [0.2, 0.25) is 0 Å². The van der Waals surface area contributed by atoms with Gasteiger partial charge in [0.15, 0.2) is 17.7 Å². The second kappa shape index (κ2) is 19.7. The van der Waals surface area contributed by atoms with Gasteiger partial charge in [0.25, 0.3) is 0 Å². The quantitative estimate of drug-likeness (QED) is 0.0401. The summed E-state index contributed by atoms with van der Waals surface area (Å²) in [5, 5.41) is 51.4. The Bertz CT molecular complexity index is 2280. The number of carbonyl (C=O) groups is 2. The van der Waals surface area contributed by atoms with Gasteiger partial charge in [-0.1, -0.05) is 30.3 Å². The maximum atomic E-state index is 12.4. The lowest BCUT2D eigenvalue weighted by Gasteiger charge is -2.38. The molecule has 334 valence electrons. The van der Waals surface area contributed by atoms with Crippen LogP contribution in [0.15, 0.2) is 67.4 Å². The van der Waals surface area contributed by atoms with Crippen LogP contribution in [-0.4, -0.2) is 154 Å². The molecular weight excluding hydrogens is 823 g/mol. The van der Waals surface area contributed by atoms with E-state index in [9.17, 15) is 35.1 Å². The van der Waals surface area contributed by atoms with Crippen LogP contribution < -0.4 is 22.3 Å². The van der Waals surface area contributed by atoms with Crippen LogP contribution in [0.25, 0.3) is 22.1 Å². The van der Waals surface area contributed by atoms with Gasteiger partial charge in [0, 0.05) is 54.5 Å². The number of esters is 1. The Morgan fingerprint density at radius 3 is 2.47 bits per heavy atom. The van der Waals surface area contributed by atoms with E-state index in [-0.39, 0.29) is 41.8 Å². The SMILES string of the molecule is CN1[C@@H]2C[C@@H](OC(=O)[C@H](CO)c3ccccc3)C[C@H]1[C@@H]1O[C@@H]12.C[S+](CCC(N)C(=O)[O-])C[C@H]1O[C@@H](n2cnc3c(N)ncnc32)[C@H](O)[C@@H]1O.NCCc1c[nH]c2ccc(O)cc12. The van der Waals surface area contributed by atoms with E-state index in [1.165, 1.54) is 17.2 Å². The number of aliphatic hydroxyl groups is 3. The molecule has 2 bridgehead atoms. The van der Waals surface area contributed by atoms with Gasteiger partial charge >= 0.3 is 5.97 Å². The highest BCUT2D eigenvalue weighted by atomic mass is 32.2. The maximum Gasteiger partial charge on any atom is 0.316 e. The number of phenols is 1. The first kappa shape index (κ1) is 45.1. The Kier molecular flexibility index (Phi) is 14.3. The number of nitrogen functional groups attached to an aromatic ring is 1. The predicted molar refractivity (Wildman–Crippen MR) is 228 cm³/mol. The molecule has 0 radical (unpaired) electrons. The number of hydrogen-bond acceptors (Lipinski definition) is 17. The fourth-order valence-corrected chi connectivity index (χ4v) is 10.2. The van der Waals surface area contributed by atoms with Gasteiger partial charge in [-0.05, 0) is 60.2 Å². The zero-order valence-corrected chi connectivity index (χ0v) is 35.3. The minimum atomic E-state index is -1.28. The Hall–Kier alpha value is -4.90. The summed E-state index contributed by atoms with van der Waals surface area (Å²) in [4.78, 5) is 40.7. The third kappa shape index (κ3) is 9.83. The number of carboxylic acids is 1. The number of benzene rings is 2. The van der Waals surface area contributed by atoms with Crippen LogP contribution in [0, 0.1) is 0 Å². The summed E-state index contributed by atoms with van der Waals surface area (Å²) in [5.41, 5.74) is 20.5. The first-order valence-corrected chi connectivity index (χ1v) is 22.5. The third-order valence-electron chi connectivity index (χ3n) is 12.0. The maximum absolute atomic E-state index is 12.4. The van der Waals surface area contributed by atoms with E-state index in [4.69, 9.17) is 31.4 Å². The Morgan fingerprint density at radius 2 is 1.79 bits per heavy atom. The summed E-state index contributed by atoms with van der Waals surface area (Å²) in [6.07, 6.45) is 6.20. The minimum Gasteiger partial charge on any atom is -0.548 e. The third-order valence-corrected chi connectivity index (χ3v) is 13.8. The summed E-state index contributed by atoms with van der Waals surface area (Å²) < 4.78 is 18.8. The topological polar surface area (TPSA) is 310 Å². The number of ether oxygens (including phenoxy) is 3. The van der Waals surface area contributed by atoms with Crippen molar-refractivity contribution in [2.45, 2.75) is 92.6 Å². The van der Waals surface area contributed by atoms with E-state index >= 15 is 0 Å². The van der Waals surface area contributed by atoms with E-state index in [0.29, 0.717) is 59.3 Å². The molecule has 0 spiro atoms. The lowest BCUT2D eigenvalue weighted by Crippen LogP contribution is -2.48. The van der Waals surface area contributed by atoms with Crippen molar-refractivity contribution in [2.24, 2.45) is 11.5 Å². The number of rotatable bonds is 13. The number of epoxide rings is 1. The number of fused-ring (bicyclic) bond motifs is 7. The van der Waals surface area contributed by atoms with Crippen LogP contribution in [0.3, 0.4) is 0 Å². The molecule has 9 rings (SSSR count). The van der Waals surface area contributed by atoms with Crippen LogP contribution in [-0.2, 0) is 41.1 Å². The number of aromatic hydroxyl groups is 1. The number of phenolic OH excluding ortho intramolecular Hbond substituents is 1. The van der Waals surface area contributed by atoms with Gasteiger partial charge in [-0.25, -0.2) is 15.0 Å². The molecule has 4 fully saturated rings. The molecule has 0 aliphatic carbocycles. The number of carboxylic acid groups (broad SMARTS) is 1. The van der Waals surface area contributed by atoms with E-state index in [2.05, 4.69) is 31.9 Å². The normalized spacial score (nSPS) is 27.6. The molecule has 20 heteroatoms. The highest BCUT2D eigenvalue weighted by molar-refractivity contribution is 7.96. The van der Waals surface area contributed by atoms with E-state index in [1.807, 2.05) is 48.9 Å². The molecule has 4 aliphatic rings. The molecule has 2 aromatic carbocycles. The molecule has 19 nitrogen and oxygen atoms in total. The van der Waals surface area contributed by atoms with Crippen molar-refractivity contribution in [3.8, 4) is 5.75 Å². The van der Waals surface area contributed by atoms with Crippen molar-refractivity contribution in [2.75, 3.05) is 43.7 Å². The number of aromatic amines is 1.